The second kappa shape index (κ2) is 9.53. The molecule has 0 radical (unpaired) electrons. The molecule has 150 valence electrons. The molecule has 1 saturated heterocycles. The lowest BCUT2D eigenvalue weighted by Gasteiger charge is -2.15. The smallest absolute Gasteiger partial charge is 0.222 e. The molecule has 1 fully saturated rings. The number of oxazole rings is 1. The number of carbonyl (C=O) groups is 2. The van der Waals surface area contributed by atoms with E-state index in [1.165, 1.54) is 5.56 Å². The third kappa shape index (κ3) is 5.44. The van der Waals surface area contributed by atoms with E-state index in [9.17, 15) is 9.59 Å². The number of hydrogen-bond donors (Lipinski definition) is 1. The van der Waals surface area contributed by atoms with E-state index in [1.54, 1.807) is 6.20 Å². The van der Waals surface area contributed by atoms with Gasteiger partial charge in [-0.1, -0.05) is 38.1 Å². The SMILES string of the molecule is CC(C)c1ccc(-c2cnc(CCC(=O)NCCCN3CCCC3=O)o2)cc1. The number of likely N-dealkylation sites (tertiary alicyclic amines) is 1. The standard InChI is InChI=1S/C22H29N3O3/c1-16(2)17-6-8-18(9-7-17)19-15-24-21(28-19)11-10-20(26)23-12-4-14-25-13-3-5-22(25)27/h6-9,15-16H,3-5,10-14H2,1-2H3,(H,23,26). The molecule has 1 aliphatic rings. The van der Waals surface area contributed by atoms with E-state index in [0.717, 1.165) is 37.3 Å². The van der Waals surface area contributed by atoms with Gasteiger partial charge in [0.2, 0.25) is 11.8 Å². The number of rotatable bonds is 9. The van der Waals surface area contributed by atoms with E-state index in [4.69, 9.17) is 4.42 Å². The van der Waals surface area contributed by atoms with Crippen LogP contribution in [0.5, 0.6) is 0 Å². The second-order valence-corrected chi connectivity index (χ2v) is 7.58. The Morgan fingerprint density at radius 2 is 2.07 bits per heavy atom. The van der Waals surface area contributed by atoms with Crippen LogP contribution in [-0.4, -0.2) is 41.3 Å². The summed E-state index contributed by atoms with van der Waals surface area (Å²) in [7, 11) is 0. The van der Waals surface area contributed by atoms with Crippen LogP contribution in [0.4, 0.5) is 0 Å². The maximum atomic E-state index is 12.0. The van der Waals surface area contributed by atoms with Crippen molar-refractivity contribution in [3.8, 4) is 11.3 Å². The van der Waals surface area contributed by atoms with Crippen LogP contribution in [-0.2, 0) is 16.0 Å². The molecule has 3 rings (SSSR count). The topological polar surface area (TPSA) is 75.4 Å². The molecule has 1 aromatic heterocycles. The molecule has 0 spiro atoms. The summed E-state index contributed by atoms with van der Waals surface area (Å²) in [5.74, 6) is 1.99. The zero-order chi connectivity index (χ0) is 19.9. The minimum atomic E-state index is -0.0196. The van der Waals surface area contributed by atoms with E-state index >= 15 is 0 Å². The van der Waals surface area contributed by atoms with Gasteiger partial charge in [0.25, 0.3) is 0 Å². The first-order valence-corrected chi connectivity index (χ1v) is 10.1. The van der Waals surface area contributed by atoms with Gasteiger partial charge in [-0.2, -0.15) is 0 Å². The van der Waals surface area contributed by atoms with E-state index in [1.807, 2.05) is 17.0 Å². The van der Waals surface area contributed by atoms with E-state index < -0.39 is 0 Å². The van der Waals surface area contributed by atoms with Crippen molar-refractivity contribution >= 4 is 11.8 Å². The second-order valence-electron chi connectivity index (χ2n) is 7.58. The summed E-state index contributed by atoms with van der Waals surface area (Å²) < 4.78 is 5.79. The lowest BCUT2D eigenvalue weighted by atomic mass is 10.0. The van der Waals surface area contributed by atoms with Crippen molar-refractivity contribution in [2.45, 2.75) is 51.9 Å². The first kappa shape index (κ1) is 20.1. The molecule has 0 bridgehead atoms. The molecule has 6 nitrogen and oxygen atoms in total. The molecule has 1 aliphatic heterocycles. The van der Waals surface area contributed by atoms with Gasteiger partial charge in [0, 0.05) is 44.5 Å². The lowest BCUT2D eigenvalue weighted by molar-refractivity contribution is -0.127. The molecule has 1 aromatic carbocycles. The number of nitrogens with zero attached hydrogens (tertiary/aromatic N) is 2. The predicted octanol–water partition coefficient (Wildman–Crippen LogP) is 3.53. The highest BCUT2D eigenvalue weighted by atomic mass is 16.4. The van der Waals surface area contributed by atoms with Gasteiger partial charge in [-0.05, 0) is 24.3 Å². The number of carbonyl (C=O) groups excluding carboxylic acids is 2. The zero-order valence-electron chi connectivity index (χ0n) is 16.7. The highest BCUT2D eigenvalue weighted by molar-refractivity contribution is 5.78. The Balaban J connectivity index is 1.39. The maximum absolute atomic E-state index is 12.0. The number of aromatic nitrogens is 1. The predicted molar refractivity (Wildman–Crippen MR) is 108 cm³/mol. The van der Waals surface area contributed by atoms with Crippen molar-refractivity contribution in [3.05, 3.63) is 41.9 Å². The fourth-order valence-electron chi connectivity index (χ4n) is 3.34. The van der Waals surface area contributed by atoms with Crippen LogP contribution in [0, 0.1) is 0 Å². The van der Waals surface area contributed by atoms with Crippen molar-refractivity contribution in [2.75, 3.05) is 19.6 Å². The van der Waals surface area contributed by atoms with Gasteiger partial charge in [-0.25, -0.2) is 4.98 Å². The van der Waals surface area contributed by atoms with E-state index in [-0.39, 0.29) is 11.8 Å². The molecule has 0 aliphatic carbocycles. The largest absolute Gasteiger partial charge is 0.441 e. The van der Waals surface area contributed by atoms with Crippen molar-refractivity contribution < 1.29 is 14.0 Å². The van der Waals surface area contributed by atoms with Crippen LogP contribution in [0.2, 0.25) is 0 Å². The molecule has 2 aromatic rings. The van der Waals surface area contributed by atoms with Gasteiger partial charge in [0.15, 0.2) is 11.7 Å². The van der Waals surface area contributed by atoms with Gasteiger partial charge < -0.3 is 14.6 Å². The molecule has 6 heteroatoms. The third-order valence-corrected chi connectivity index (χ3v) is 5.08. The monoisotopic (exact) mass is 383 g/mol. The molecular weight excluding hydrogens is 354 g/mol. The molecule has 0 atom stereocenters. The van der Waals surface area contributed by atoms with Crippen molar-refractivity contribution in [1.29, 1.82) is 0 Å². The number of nitrogens with one attached hydrogen (secondary N) is 1. The van der Waals surface area contributed by atoms with Gasteiger partial charge in [-0.3, -0.25) is 9.59 Å². The van der Waals surface area contributed by atoms with Crippen LogP contribution < -0.4 is 5.32 Å². The van der Waals surface area contributed by atoms with Crippen LogP contribution >= 0.6 is 0 Å². The fourth-order valence-corrected chi connectivity index (χ4v) is 3.34. The molecular formula is C22H29N3O3. The summed E-state index contributed by atoms with van der Waals surface area (Å²) in [5.41, 5.74) is 2.28. The third-order valence-electron chi connectivity index (χ3n) is 5.08. The van der Waals surface area contributed by atoms with Crippen molar-refractivity contribution in [1.82, 2.24) is 15.2 Å². The summed E-state index contributed by atoms with van der Waals surface area (Å²) in [6.45, 7) is 6.48. The maximum Gasteiger partial charge on any atom is 0.222 e. The first-order chi connectivity index (χ1) is 13.5. The van der Waals surface area contributed by atoms with Gasteiger partial charge in [0.1, 0.15) is 0 Å². The Bertz CT molecular complexity index is 796. The Labute approximate surface area is 166 Å². The highest BCUT2D eigenvalue weighted by Crippen LogP contribution is 2.23. The normalized spacial score (nSPS) is 14.1. The Hall–Kier alpha value is -2.63. The highest BCUT2D eigenvalue weighted by Gasteiger charge is 2.19. The lowest BCUT2D eigenvalue weighted by Crippen LogP contribution is -2.30. The minimum absolute atomic E-state index is 0.0196. The minimum Gasteiger partial charge on any atom is -0.441 e. The Morgan fingerprint density at radius 3 is 2.75 bits per heavy atom. The summed E-state index contributed by atoms with van der Waals surface area (Å²) >= 11 is 0. The molecule has 2 amide bonds. The van der Waals surface area contributed by atoms with E-state index in [0.29, 0.717) is 37.6 Å². The van der Waals surface area contributed by atoms with Crippen LogP contribution in [0.15, 0.2) is 34.9 Å². The first-order valence-electron chi connectivity index (χ1n) is 10.1. The zero-order valence-corrected chi connectivity index (χ0v) is 16.7. The summed E-state index contributed by atoms with van der Waals surface area (Å²) in [4.78, 5) is 29.7. The van der Waals surface area contributed by atoms with Crippen molar-refractivity contribution in [3.63, 3.8) is 0 Å². The number of aryl methyl sites for hydroxylation is 1. The van der Waals surface area contributed by atoms with Crippen LogP contribution in [0.1, 0.15) is 56.9 Å². The molecule has 0 saturated carbocycles. The van der Waals surface area contributed by atoms with Gasteiger partial charge >= 0.3 is 0 Å². The van der Waals surface area contributed by atoms with Crippen LogP contribution in [0.3, 0.4) is 0 Å². The fraction of sp³-hybridized carbons (Fsp3) is 0.500. The molecule has 28 heavy (non-hydrogen) atoms. The van der Waals surface area contributed by atoms with E-state index in [2.05, 4.69) is 36.3 Å². The molecule has 1 N–H and O–H groups in total. The Kier molecular flexibility index (Phi) is 6.85. The number of amides is 2. The average molecular weight is 383 g/mol. The number of hydrogen-bond acceptors (Lipinski definition) is 4. The van der Waals surface area contributed by atoms with Gasteiger partial charge in [-0.15, -0.1) is 0 Å². The quantitative estimate of drug-likeness (QED) is 0.672. The Morgan fingerprint density at radius 1 is 1.29 bits per heavy atom. The number of benzene rings is 1. The summed E-state index contributed by atoms with van der Waals surface area (Å²) in [6, 6.07) is 8.28. The summed E-state index contributed by atoms with van der Waals surface area (Å²) in [5, 5.41) is 2.90. The molecule has 0 unspecified atom stereocenters. The average Bonchev–Trinajstić information content (AvgIpc) is 3.33. The van der Waals surface area contributed by atoms with Gasteiger partial charge in [0.05, 0.1) is 6.20 Å². The van der Waals surface area contributed by atoms with Crippen molar-refractivity contribution in [2.24, 2.45) is 0 Å². The summed E-state index contributed by atoms with van der Waals surface area (Å²) in [6.07, 6.45) is 4.92. The molecule has 2 heterocycles. The van der Waals surface area contributed by atoms with Crippen LogP contribution in [0.25, 0.3) is 11.3 Å².